The molecule has 86 valence electrons. The number of carboxylic acid groups (broad SMARTS) is 1. The molecule has 1 aromatic rings. The van der Waals surface area contributed by atoms with Crippen LogP contribution in [0.2, 0.25) is 0 Å². The third kappa shape index (κ3) is 1.45. The van der Waals surface area contributed by atoms with Crippen LogP contribution in [0.25, 0.3) is 0 Å². The Bertz CT molecular complexity index is 441. The molecular formula is C11H9BrF2O2. The van der Waals surface area contributed by atoms with Crippen molar-refractivity contribution in [2.45, 2.75) is 18.8 Å². The van der Waals surface area contributed by atoms with Gasteiger partial charge in [-0.25, -0.2) is 8.78 Å². The maximum absolute atomic E-state index is 14.1. The fraction of sp³-hybridized carbons (Fsp3) is 0.364. The van der Waals surface area contributed by atoms with Crippen LogP contribution < -0.4 is 0 Å². The van der Waals surface area contributed by atoms with Crippen LogP contribution in [0.3, 0.4) is 0 Å². The van der Waals surface area contributed by atoms with Crippen molar-refractivity contribution < 1.29 is 18.7 Å². The van der Waals surface area contributed by atoms with E-state index in [0.29, 0.717) is 0 Å². The van der Waals surface area contributed by atoms with Gasteiger partial charge < -0.3 is 5.11 Å². The Morgan fingerprint density at radius 2 is 1.94 bits per heavy atom. The molecule has 0 bridgehead atoms. The molecule has 1 N–H and O–H groups in total. The van der Waals surface area contributed by atoms with Crippen molar-refractivity contribution in [1.82, 2.24) is 0 Å². The van der Waals surface area contributed by atoms with Crippen molar-refractivity contribution in [2.75, 3.05) is 0 Å². The zero-order valence-corrected chi connectivity index (χ0v) is 9.80. The first-order valence-corrected chi connectivity index (χ1v) is 5.57. The van der Waals surface area contributed by atoms with E-state index in [4.69, 9.17) is 5.11 Å². The van der Waals surface area contributed by atoms with Crippen molar-refractivity contribution >= 4 is 21.9 Å². The normalized spacial score (nSPS) is 18.2. The van der Waals surface area contributed by atoms with Crippen LogP contribution in [0.1, 0.15) is 18.4 Å². The maximum Gasteiger partial charge on any atom is 0.316 e. The molecule has 1 aromatic carbocycles. The Kier molecular flexibility index (Phi) is 2.53. The number of halogens is 3. The number of hydrogen-bond acceptors (Lipinski definition) is 1. The van der Waals surface area contributed by atoms with Crippen LogP contribution in [0.15, 0.2) is 28.7 Å². The molecule has 5 heteroatoms. The Balaban J connectivity index is 2.48. The van der Waals surface area contributed by atoms with Crippen LogP contribution in [0.4, 0.5) is 8.78 Å². The first-order valence-electron chi connectivity index (χ1n) is 4.78. The molecule has 0 heterocycles. The minimum Gasteiger partial charge on any atom is -0.481 e. The van der Waals surface area contributed by atoms with Gasteiger partial charge in [0.1, 0.15) is 5.41 Å². The highest BCUT2D eigenvalue weighted by atomic mass is 79.9. The van der Waals surface area contributed by atoms with Gasteiger partial charge in [-0.05, 0) is 18.9 Å². The van der Waals surface area contributed by atoms with Gasteiger partial charge in [0.15, 0.2) is 0 Å². The molecule has 0 aliphatic heterocycles. The highest BCUT2D eigenvalue weighted by Crippen LogP contribution is 2.62. The second kappa shape index (κ2) is 3.52. The van der Waals surface area contributed by atoms with Gasteiger partial charge in [-0.15, -0.1) is 0 Å². The summed E-state index contributed by atoms with van der Waals surface area (Å²) in [7, 11) is 0. The van der Waals surface area contributed by atoms with E-state index in [-0.39, 0.29) is 22.9 Å². The number of aliphatic carboxylic acids is 1. The number of hydrogen-bond donors (Lipinski definition) is 1. The number of carbonyl (C=O) groups is 1. The van der Waals surface area contributed by atoms with E-state index in [1.54, 1.807) is 6.07 Å². The monoisotopic (exact) mass is 290 g/mol. The van der Waals surface area contributed by atoms with Crippen LogP contribution >= 0.6 is 15.9 Å². The van der Waals surface area contributed by atoms with Gasteiger partial charge in [0.25, 0.3) is 5.92 Å². The predicted octanol–water partition coefficient (Wildman–Crippen LogP) is 3.41. The predicted molar refractivity (Wildman–Crippen MR) is 57.3 cm³/mol. The fourth-order valence-corrected chi connectivity index (χ4v) is 2.29. The summed E-state index contributed by atoms with van der Waals surface area (Å²) in [5.74, 6) is -4.76. The molecule has 2 rings (SSSR count). The number of alkyl halides is 2. The molecule has 1 aliphatic rings. The summed E-state index contributed by atoms with van der Waals surface area (Å²) in [4.78, 5) is 10.9. The molecule has 0 radical (unpaired) electrons. The van der Waals surface area contributed by atoms with Crippen LogP contribution in [0, 0.1) is 5.41 Å². The van der Waals surface area contributed by atoms with Gasteiger partial charge in [-0.2, -0.15) is 0 Å². The zero-order valence-electron chi connectivity index (χ0n) is 8.21. The molecule has 2 nitrogen and oxygen atoms in total. The lowest BCUT2D eigenvalue weighted by Gasteiger charge is -2.24. The summed E-state index contributed by atoms with van der Waals surface area (Å²) in [6.07, 6.45) is 0.0489. The standard InChI is InChI=1S/C11H9BrF2O2/c12-8-4-2-1-3-7(8)11(13,14)10(5-6-10)9(15)16/h1-4H,5-6H2,(H,15,16). The van der Waals surface area contributed by atoms with E-state index in [1.807, 2.05) is 0 Å². The van der Waals surface area contributed by atoms with Crippen molar-refractivity contribution in [3.63, 3.8) is 0 Å². The van der Waals surface area contributed by atoms with E-state index in [2.05, 4.69) is 15.9 Å². The molecule has 0 amide bonds. The van der Waals surface area contributed by atoms with Gasteiger partial charge in [0, 0.05) is 10.0 Å². The van der Waals surface area contributed by atoms with Crippen molar-refractivity contribution in [1.29, 1.82) is 0 Å². The minimum atomic E-state index is -3.33. The number of rotatable bonds is 3. The third-order valence-corrected chi connectivity index (χ3v) is 3.66. The van der Waals surface area contributed by atoms with E-state index in [9.17, 15) is 13.6 Å². The SMILES string of the molecule is O=C(O)C1(C(F)(F)c2ccccc2Br)CC1. The molecule has 0 aromatic heterocycles. The van der Waals surface area contributed by atoms with E-state index >= 15 is 0 Å². The van der Waals surface area contributed by atoms with E-state index in [1.165, 1.54) is 18.2 Å². The molecule has 0 spiro atoms. The Morgan fingerprint density at radius 1 is 1.38 bits per heavy atom. The molecular weight excluding hydrogens is 282 g/mol. The molecule has 1 aliphatic carbocycles. The average Bonchev–Trinajstić information content (AvgIpc) is 2.98. The van der Waals surface area contributed by atoms with Gasteiger partial charge in [0.2, 0.25) is 0 Å². The smallest absolute Gasteiger partial charge is 0.316 e. The number of carboxylic acids is 1. The molecule has 16 heavy (non-hydrogen) atoms. The molecule has 0 saturated heterocycles. The Labute approximate surface area is 99.4 Å². The molecule has 0 atom stereocenters. The minimum absolute atomic E-state index is 0.0245. The van der Waals surface area contributed by atoms with Gasteiger partial charge in [-0.3, -0.25) is 4.79 Å². The highest BCUT2D eigenvalue weighted by molar-refractivity contribution is 9.10. The van der Waals surface area contributed by atoms with Crippen molar-refractivity contribution in [3.8, 4) is 0 Å². The Hall–Kier alpha value is -0.970. The summed E-state index contributed by atoms with van der Waals surface area (Å²) in [5.41, 5.74) is -2.16. The highest BCUT2D eigenvalue weighted by Gasteiger charge is 2.68. The summed E-state index contributed by atoms with van der Waals surface area (Å²) in [6.45, 7) is 0. The van der Waals surface area contributed by atoms with Crippen molar-refractivity contribution in [3.05, 3.63) is 34.3 Å². The fourth-order valence-electron chi connectivity index (χ4n) is 1.76. The van der Waals surface area contributed by atoms with Gasteiger partial charge >= 0.3 is 5.97 Å². The lowest BCUT2D eigenvalue weighted by atomic mass is 9.91. The largest absolute Gasteiger partial charge is 0.481 e. The average molecular weight is 291 g/mol. The quantitative estimate of drug-likeness (QED) is 0.926. The molecule has 1 fully saturated rings. The van der Waals surface area contributed by atoms with Crippen LogP contribution in [-0.2, 0) is 10.7 Å². The Morgan fingerprint density at radius 3 is 2.38 bits per heavy atom. The summed E-state index contributed by atoms with van der Waals surface area (Å²) >= 11 is 3.03. The molecule has 1 saturated carbocycles. The second-order valence-electron chi connectivity index (χ2n) is 3.94. The van der Waals surface area contributed by atoms with E-state index < -0.39 is 17.3 Å². The molecule has 0 unspecified atom stereocenters. The zero-order chi connectivity index (χ0) is 12.0. The maximum atomic E-state index is 14.1. The number of benzene rings is 1. The van der Waals surface area contributed by atoms with Crippen LogP contribution in [-0.4, -0.2) is 11.1 Å². The topological polar surface area (TPSA) is 37.3 Å². The summed E-state index contributed by atoms with van der Waals surface area (Å²) < 4.78 is 28.4. The first-order chi connectivity index (χ1) is 7.42. The lowest BCUT2D eigenvalue weighted by Crippen LogP contribution is -2.34. The second-order valence-corrected chi connectivity index (χ2v) is 4.80. The van der Waals surface area contributed by atoms with Gasteiger partial charge in [-0.1, -0.05) is 34.1 Å². The first kappa shape index (κ1) is 11.5. The van der Waals surface area contributed by atoms with Crippen molar-refractivity contribution in [2.24, 2.45) is 5.41 Å². The summed E-state index contributed by atoms with van der Waals surface area (Å²) in [6, 6.07) is 5.84. The summed E-state index contributed by atoms with van der Waals surface area (Å²) in [5, 5.41) is 8.90. The third-order valence-electron chi connectivity index (χ3n) is 2.97. The van der Waals surface area contributed by atoms with E-state index in [0.717, 1.165) is 0 Å². The van der Waals surface area contributed by atoms with Crippen LogP contribution in [0.5, 0.6) is 0 Å². The lowest BCUT2D eigenvalue weighted by molar-refractivity contribution is -0.163. The van der Waals surface area contributed by atoms with Gasteiger partial charge in [0.05, 0.1) is 0 Å².